The third kappa shape index (κ3) is 1.95. The fourth-order valence-corrected chi connectivity index (χ4v) is 1.59. The molecule has 82 valence electrons. The molecule has 1 heterocycles. The van der Waals surface area contributed by atoms with E-state index in [9.17, 15) is 10.1 Å². The van der Waals surface area contributed by atoms with Gasteiger partial charge in [0.2, 0.25) is 0 Å². The average Bonchev–Trinajstić information content (AvgIpc) is 2.67. The summed E-state index contributed by atoms with van der Waals surface area (Å²) >= 11 is 0. The van der Waals surface area contributed by atoms with Crippen LogP contribution in [0.1, 0.15) is 19.0 Å². The van der Waals surface area contributed by atoms with E-state index < -0.39 is 0 Å². The number of nitro benzene ring substituents is 1. The van der Waals surface area contributed by atoms with Gasteiger partial charge in [-0.1, -0.05) is 13.0 Å². The predicted molar refractivity (Wildman–Crippen MR) is 64.3 cm³/mol. The van der Waals surface area contributed by atoms with Crippen molar-refractivity contribution in [2.45, 2.75) is 13.3 Å². The first-order valence-corrected chi connectivity index (χ1v) is 5.14. The average molecular weight is 216 g/mol. The number of fused-ring (bicyclic) bond motifs is 1. The Morgan fingerprint density at radius 1 is 1.44 bits per heavy atom. The zero-order valence-corrected chi connectivity index (χ0v) is 8.93. The number of H-pyrrole nitrogens is 1. The summed E-state index contributed by atoms with van der Waals surface area (Å²) in [5, 5.41) is 11.5. The van der Waals surface area contributed by atoms with Crippen LogP contribution in [0.15, 0.2) is 30.3 Å². The van der Waals surface area contributed by atoms with Gasteiger partial charge in [0.05, 0.1) is 4.92 Å². The molecule has 0 spiro atoms. The van der Waals surface area contributed by atoms with Gasteiger partial charge in [-0.2, -0.15) is 0 Å². The quantitative estimate of drug-likeness (QED) is 0.630. The van der Waals surface area contributed by atoms with Gasteiger partial charge in [-0.05, 0) is 24.6 Å². The number of nitro groups is 1. The fraction of sp³-hybridized carbons (Fsp3) is 0.167. The van der Waals surface area contributed by atoms with Crippen molar-refractivity contribution < 1.29 is 4.92 Å². The lowest BCUT2D eigenvalue weighted by atomic mass is 10.2. The van der Waals surface area contributed by atoms with Crippen LogP contribution in [0.25, 0.3) is 17.0 Å². The van der Waals surface area contributed by atoms with E-state index in [1.54, 1.807) is 12.1 Å². The Balaban J connectivity index is 2.45. The summed E-state index contributed by atoms with van der Waals surface area (Å²) in [4.78, 5) is 13.4. The molecule has 0 bridgehead atoms. The largest absolute Gasteiger partial charge is 0.355 e. The minimum Gasteiger partial charge on any atom is -0.355 e. The Labute approximate surface area is 92.7 Å². The van der Waals surface area contributed by atoms with E-state index in [2.05, 4.69) is 11.9 Å². The van der Waals surface area contributed by atoms with Crippen molar-refractivity contribution in [3.05, 3.63) is 46.1 Å². The third-order valence-corrected chi connectivity index (χ3v) is 2.37. The van der Waals surface area contributed by atoms with E-state index in [-0.39, 0.29) is 10.6 Å². The Bertz CT molecular complexity index is 555. The van der Waals surface area contributed by atoms with E-state index in [0.29, 0.717) is 0 Å². The van der Waals surface area contributed by atoms with Crippen molar-refractivity contribution in [3.63, 3.8) is 0 Å². The molecule has 0 atom stereocenters. The summed E-state index contributed by atoms with van der Waals surface area (Å²) in [6.07, 6.45) is 4.99. The van der Waals surface area contributed by atoms with Crippen LogP contribution in [-0.4, -0.2) is 9.91 Å². The second-order valence-corrected chi connectivity index (χ2v) is 3.56. The molecule has 4 nitrogen and oxygen atoms in total. The van der Waals surface area contributed by atoms with E-state index in [1.807, 2.05) is 18.2 Å². The molecule has 0 aliphatic heterocycles. The number of aromatic nitrogens is 1. The van der Waals surface area contributed by atoms with Gasteiger partial charge in [0.25, 0.3) is 5.69 Å². The SMILES string of the molecule is CC/C=C/c1cc2cc([N+](=O)[O-])ccc2[nH]1. The number of nitrogens with one attached hydrogen (secondary N) is 1. The number of non-ortho nitro benzene ring substituents is 1. The van der Waals surface area contributed by atoms with Crippen LogP contribution in [0, 0.1) is 10.1 Å². The van der Waals surface area contributed by atoms with E-state index in [4.69, 9.17) is 0 Å². The Morgan fingerprint density at radius 3 is 2.94 bits per heavy atom. The van der Waals surface area contributed by atoms with Gasteiger partial charge in [-0.25, -0.2) is 0 Å². The summed E-state index contributed by atoms with van der Waals surface area (Å²) in [6.45, 7) is 2.06. The van der Waals surface area contributed by atoms with Crippen LogP contribution >= 0.6 is 0 Å². The highest BCUT2D eigenvalue weighted by atomic mass is 16.6. The first-order valence-electron chi connectivity index (χ1n) is 5.14. The second kappa shape index (κ2) is 4.18. The molecule has 1 aromatic heterocycles. The van der Waals surface area contributed by atoms with Crippen LogP contribution in [0.3, 0.4) is 0 Å². The molecule has 0 fully saturated rings. The Morgan fingerprint density at radius 2 is 2.25 bits per heavy atom. The number of aromatic amines is 1. The molecular formula is C12H12N2O2. The maximum Gasteiger partial charge on any atom is 0.270 e. The molecule has 2 rings (SSSR count). The number of hydrogen-bond acceptors (Lipinski definition) is 2. The number of allylic oxidation sites excluding steroid dienone is 1. The molecule has 0 unspecified atom stereocenters. The third-order valence-electron chi connectivity index (χ3n) is 2.37. The summed E-state index contributed by atoms with van der Waals surface area (Å²) in [5.74, 6) is 0. The number of nitrogens with zero attached hydrogens (tertiary/aromatic N) is 1. The van der Waals surface area contributed by atoms with Gasteiger partial charge in [0, 0.05) is 28.7 Å². The molecule has 1 aromatic carbocycles. The lowest BCUT2D eigenvalue weighted by molar-refractivity contribution is -0.384. The van der Waals surface area contributed by atoms with Gasteiger partial charge in [0.1, 0.15) is 0 Å². The minimum atomic E-state index is -0.381. The maximum atomic E-state index is 10.6. The van der Waals surface area contributed by atoms with Crippen LogP contribution in [0.2, 0.25) is 0 Å². The standard InChI is InChI=1S/C12H12N2O2/c1-2-3-4-10-7-9-8-11(14(15)16)5-6-12(9)13-10/h3-8,13H,2H2,1H3/b4-3+. The summed E-state index contributed by atoms with van der Waals surface area (Å²) < 4.78 is 0. The normalized spacial score (nSPS) is 11.3. The van der Waals surface area contributed by atoms with Crippen molar-refractivity contribution in [2.24, 2.45) is 0 Å². The lowest BCUT2D eigenvalue weighted by Crippen LogP contribution is -1.86. The molecule has 0 aliphatic rings. The zero-order chi connectivity index (χ0) is 11.5. The molecule has 0 radical (unpaired) electrons. The topological polar surface area (TPSA) is 58.9 Å². The predicted octanol–water partition coefficient (Wildman–Crippen LogP) is 3.50. The molecule has 4 heteroatoms. The highest BCUT2D eigenvalue weighted by Crippen LogP contribution is 2.21. The molecule has 1 N–H and O–H groups in total. The minimum absolute atomic E-state index is 0.123. The molecule has 0 amide bonds. The Kier molecular flexibility index (Phi) is 2.72. The fourth-order valence-electron chi connectivity index (χ4n) is 1.59. The molecule has 0 aliphatic carbocycles. The van der Waals surface area contributed by atoms with E-state index in [1.165, 1.54) is 6.07 Å². The highest BCUT2D eigenvalue weighted by molar-refractivity contribution is 5.84. The van der Waals surface area contributed by atoms with Gasteiger partial charge in [-0.3, -0.25) is 10.1 Å². The number of rotatable bonds is 3. The summed E-state index contributed by atoms with van der Waals surface area (Å²) in [6, 6.07) is 6.73. The first kappa shape index (κ1) is 10.4. The highest BCUT2D eigenvalue weighted by Gasteiger charge is 2.07. The molecular weight excluding hydrogens is 204 g/mol. The second-order valence-electron chi connectivity index (χ2n) is 3.56. The first-order chi connectivity index (χ1) is 7.70. The molecule has 2 aromatic rings. The van der Waals surface area contributed by atoms with Crippen LogP contribution in [0.5, 0.6) is 0 Å². The van der Waals surface area contributed by atoms with Crippen LogP contribution in [0.4, 0.5) is 5.69 Å². The van der Waals surface area contributed by atoms with Gasteiger partial charge >= 0.3 is 0 Å². The van der Waals surface area contributed by atoms with Crippen molar-refractivity contribution in [2.75, 3.05) is 0 Å². The van der Waals surface area contributed by atoms with Crippen LogP contribution in [-0.2, 0) is 0 Å². The lowest BCUT2D eigenvalue weighted by Gasteiger charge is -1.90. The summed E-state index contributed by atoms with van der Waals surface area (Å²) in [5.41, 5.74) is 2.01. The monoisotopic (exact) mass is 216 g/mol. The number of benzene rings is 1. The summed E-state index contributed by atoms with van der Waals surface area (Å²) in [7, 11) is 0. The zero-order valence-electron chi connectivity index (χ0n) is 8.93. The van der Waals surface area contributed by atoms with E-state index in [0.717, 1.165) is 23.0 Å². The van der Waals surface area contributed by atoms with Gasteiger partial charge in [0.15, 0.2) is 0 Å². The van der Waals surface area contributed by atoms with Crippen LogP contribution < -0.4 is 0 Å². The Hall–Kier alpha value is -2.10. The van der Waals surface area contributed by atoms with Gasteiger partial charge in [-0.15, -0.1) is 0 Å². The molecule has 0 saturated heterocycles. The van der Waals surface area contributed by atoms with E-state index >= 15 is 0 Å². The van der Waals surface area contributed by atoms with Gasteiger partial charge < -0.3 is 4.98 Å². The molecule has 0 saturated carbocycles. The number of hydrogen-bond donors (Lipinski definition) is 1. The van der Waals surface area contributed by atoms with Crippen molar-refractivity contribution in [1.82, 2.24) is 4.98 Å². The maximum absolute atomic E-state index is 10.6. The van der Waals surface area contributed by atoms with Crippen molar-refractivity contribution >= 4 is 22.7 Å². The molecule has 16 heavy (non-hydrogen) atoms. The smallest absolute Gasteiger partial charge is 0.270 e. The van der Waals surface area contributed by atoms with Crippen molar-refractivity contribution in [3.8, 4) is 0 Å². The van der Waals surface area contributed by atoms with Crippen molar-refractivity contribution in [1.29, 1.82) is 0 Å².